The summed E-state index contributed by atoms with van der Waals surface area (Å²) < 4.78 is 21.9. The molecule has 44 heavy (non-hydrogen) atoms. The first kappa shape index (κ1) is 34.6. The van der Waals surface area contributed by atoms with Gasteiger partial charge in [-0.3, -0.25) is 9.59 Å². The summed E-state index contributed by atoms with van der Waals surface area (Å²) >= 11 is 0. The molecule has 2 fully saturated rings. The Kier molecular flexibility index (Phi) is 9.66. The molecule has 1 aromatic rings. The van der Waals surface area contributed by atoms with Crippen LogP contribution in [0.1, 0.15) is 53.0 Å². The molecule has 0 saturated carbocycles. The smallest absolute Gasteiger partial charge is 0.344 e. The number of hydrogen-bond donors (Lipinski definition) is 5. The summed E-state index contributed by atoms with van der Waals surface area (Å²) in [6.45, 7) is 11.2. The van der Waals surface area contributed by atoms with Crippen LogP contribution in [0.3, 0.4) is 0 Å². The zero-order valence-electron chi connectivity index (χ0n) is 25.0. The third-order valence-electron chi connectivity index (χ3n) is 7.86. The standard InChI is InChI=1S/C30H38O14/c1-15(19(41-17(3)31)16(2)14-18-10-8-7-9-11-18)12-13-28-20(32)21(42-26(39)27(4,5)6)30(44-28,25(37)38)29(40,24(35)36)22(43-28)23(33)34/h7-11,16,19-22,32,40H,1,12-14H2,2-6H3,(H,33,34)(H,35,36)(H,37,38)/t16-,19-,20-,21-,22?,28?,29?,30?/m1/s1. The minimum atomic E-state index is -3.88. The van der Waals surface area contributed by atoms with Gasteiger partial charge in [-0.15, -0.1) is 0 Å². The van der Waals surface area contributed by atoms with Crippen LogP contribution in [0.15, 0.2) is 42.5 Å². The second kappa shape index (κ2) is 12.3. The maximum atomic E-state index is 12.9. The number of benzene rings is 1. The molecule has 2 heterocycles. The lowest BCUT2D eigenvalue weighted by Gasteiger charge is -2.48. The average Bonchev–Trinajstić information content (AvgIpc) is 3.14. The quantitative estimate of drug-likeness (QED) is 0.164. The maximum Gasteiger partial charge on any atom is 0.344 e. The first-order valence-electron chi connectivity index (χ1n) is 13.8. The molecule has 0 aromatic heterocycles. The topological polar surface area (TPSA) is 223 Å². The molecule has 14 nitrogen and oxygen atoms in total. The second-order valence-electron chi connectivity index (χ2n) is 12.2. The molecule has 4 unspecified atom stereocenters. The van der Waals surface area contributed by atoms with Crippen molar-refractivity contribution >= 4 is 29.8 Å². The van der Waals surface area contributed by atoms with E-state index in [-0.39, 0.29) is 17.9 Å². The fourth-order valence-electron chi connectivity index (χ4n) is 5.59. The summed E-state index contributed by atoms with van der Waals surface area (Å²) in [4.78, 5) is 62.3. The Balaban J connectivity index is 2.06. The highest BCUT2D eigenvalue weighted by Crippen LogP contribution is 2.56. The zero-order valence-corrected chi connectivity index (χ0v) is 25.0. The predicted molar refractivity (Wildman–Crippen MR) is 148 cm³/mol. The zero-order chi connectivity index (χ0) is 33.4. The van der Waals surface area contributed by atoms with E-state index in [2.05, 4.69) is 6.58 Å². The fourth-order valence-corrected chi connectivity index (χ4v) is 5.59. The molecule has 242 valence electrons. The molecule has 0 amide bonds. The van der Waals surface area contributed by atoms with Crippen molar-refractivity contribution in [2.45, 2.75) is 95.3 Å². The Bertz CT molecular complexity index is 1320. The van der Waals surface area contributed by atoms with Crippen LogP contribution >= 0.6 is 0 Å². The summed E-state index contributed by atoms with van der Waals surface area (Å²) in [5, 5.41) is 52.9. The van der Waals surface area contributed by atoms with Gasteiger partial charge in [0, 0.05) is 19.3 Å². The molecular weight excluding hydrogens is 584 g/mol. The number of hydrogen-bond acceptors (Lipinski definition) is 11. The lowest BCUT2D eigenvalue weighted by atomic mass is 9.74. The van der Waals surface area contributed by atoms with E-state index in [1.807, 2.05) is 30.3 Å². The number of carbonyl (C=O) groups excluding carboxylic acids is 2. The number of fused-ring (bicyclic) bond motifs is 2. The summed E-state index contributed by atoms with van der Waals surface area (Å²) in [5.41, 5.74) is -7.54. The van der Waals surface area contributed by atoms with Crippen molar-refractivity contribution in [3.05, 3.63) is 48.0 Å². The van der Waals surface area contributed by atoms with Crippen molar-refractivity contribution in [2.24, 2.45) is 11.3 Å². The lowest BCUT2D eigenvalue weighted by Crippen LogP contribution is -2.78. The van der Waals surface area contributed by atoms with Crippen molar-refractivity contribution in [3.8, 4) is 0 Å². The van der Waals surface area contributed by atoms with Gasteiger partial charge in [-0.25, -0.2) is 14.4 Å². The van der Waals surface area contributed by atoms with Gasteiger partial charge in [0.1, 0.15) is 12.2 Å². The molecule has 1 aromatic carbocycles. The minimum absolute atomic E-state index is 0.235. The highest BCUT2D eigenvalue weighted by atomic mass is 16.8. The van der Waals surface area contributed by atoms with E-state index in [0.717, 1.165) is 5.56 Å². The van der Waals surface area contributed by atoms with Crippen LogP contribution in [0.5, 0.6) is 0 Å². The van der Waals surface area contributed by atoms with Crippen LogP contribution in [0.2, 0.25) is 0 Å². The van der Waals surface area contributed by atoms with Crippen molar-refractivity contribution in [1.29, 1.82) is 0 Å². The van der Waals surface area contributed by atoms with E-state index in [4.69, 9.17) is 18.9 Å². The highest BCUT2D eigenvalue weighted by molar-refractivity contribution is 5.98. The Hall–Kier alpha value is -3.85. The van der Waals surface area contributed by atoms with Gasteiger partial charge in [-0.1, -0.05) is 43.8 Å². The number of esters is 2. The molecule has 8 atom stereocenters. The van der Waals surface area contributed by atoms with E-state index in [1.54, 1.807) is 6.92 Å². The SMILES string of the molecule is C=C(CCC12OC(C(=O)O)C(O)(C(=O)O)C(C(=O)O)(O1)[C@H](OC(=O)C(C)(C)C)[C@H]2O)[C@@H](OC(C)=O)[C@H](C)Cc1ccccc1. The molecular formula is C30H38O14. The third-order valence-corrected chi connectivity index (χ3v) is 7.86. The Morgan fingerprint density at radius 2 is 1.64 bits per heavy atom. The summed E-state index contributed by atoms with van der Waals surface area (Å²) in [7, 11) is 0. The Labute approximate surface area is 253 Å². The number of carboxylic acid groups (broad SMARTS) is 3. The predicted octanol–water partition coefficient (Wildman–Crippen LogP) is 1.30. The number of aliphatic carboxylic acids is 3. The van der Waals surface area contributed by atoms with E-state index >= 15 is 0 Å². The van der Waals surface area contributed by atoms with E-state index in [1.165, 1.54) is 27.7 Å². The number of carboxylic acids is 3. The molecule has 0 aliphatic carbocycles. The number of aliphatic hydroxyl groups excluding tert-OH is 1. The first-order valence-corrected chi connectivity index (χ1v) is 13.8. The van der Waals surface area contributed by atoms with Crippen LogP contribution in [-0.4, -0.2) is 96.8 Å². The number of carbonyl (C=O) groups is 5. The van der Waals surface area contributed by atoms with Gasteiger partial charge in [0.15, 0.2) is 6.10 Å². The molecule has 2 aliphatic heterocycles. The van der Waals surface area contributed by atoms with Gasteiger partial charge in [-0.2, -0.15) is 0 Å². The molecule has 3 rings (SSSR count). The van der Waals surface area contributed by atoms with Crippen molar-refractivity contribution in [1.82, 2.24) is 0 Å². The van der Waals surface area contributed by atoms with Crippen LogP contribution < -0.4 is 0 Å². The largest absolute Gasteiger partial charge is 0.479 e. The third kappa shape index (κ3) is 5.94. The van der Waals surface area contributed by atoms with Gasteiger partial charge in [0.05, 0.1) is 5.41 Å². The molecule has 5 N–H and O–H groups in total. The van der Waals surface area contributed by atoms with Gasteiger partial charge in [0.2, 0.25) is 23.1 Å². The van der Waals surface area contributed by atoms with Crippen LogP contribution in [0.25, 0.3) is 0 Å². The summed E-state index contributed by atoms with van der Waals surface area (Å²) in [6.07, 6.45) is -8.79. The Morgan fingerprint density at radius 3 is 2.11 bits per heavy atom. The normalized spacial score (nSPS) is 30.9. The van der Waals surface area contributed by atoms with Gasteiger partial charge in [0.25, 0.3) is 0 Å². The fraction of sp³-hybridized carbons (Fsp3) is 0.567. The van der Waals surface area contributed by atoms with E-state index in [9.17, 15) is 49.5 Å². The number of rotatable bonds is 12. The summed E-state index contributed by atoms with van der Waals surface area (Å²) in [5.74, 6) is -11.4. The highest BCUT2D eigenvalue weighted by Gasteiger charge is 2.86. The lowest BCUT2D eigenvalue weighted by molar-refractivity contribution is -0.374. The van der Waals surface area contributed by atoms with Gasteiger partial charge in [-0.05, 0) is 44.7 Å². The first-order chi connectivity index (χ1) is 20.2. The van der Waals surface area contributed by atoms with Crippen molar-refractivity contribution in [2.75, 3.05) is 0 Å². The molecule has 2 bridgehead atoms. The van der Waals surface area contributed by atoms with Crippen molar-refractivity contribution in [3.63, 3.8) is 0 Å². The molecule has 0 radical (unpaired) electrons. The van der Waals surface area contributed by atoms with E-state index < -0.39 is 83.1 Å². The van der Waals surface area contributed by atoms with E-state index in [0.29, 0.717) is 6.42 Å². The number of ether oxygens (including phenoxy) is 4. The molecule has 2 aliphatic rings. The van der Waals surface area contributed by atoms with Gasteiger partial charge >= 0.3 is 29.8 Å². The van der Waals surface area contributed by atoms with Crippen LogP contribution in [0.4, 0.5) is 0 Å². The average molecular weight is 623 g/mol. The molecule has 14 heteroatoms. The second-order valence-corrected chi connectivity index (χ2v) is 12.2. The van der Waals surface area contributed by atoms with Gasteiger partial charge < -0.3 is 44.5 Å². The summed E-state index contributed by atoms with van der Waals surface area (Å²) in [6, 6.07) is 9.27. The Morgan fingerprint density at radius 1 is 1.05 bits per heavy atom. The number of aliphatic hydroxyl groups is 2. The molecule has 2 saturated heterocycles. The van der Waals surface area contributed by atoms with Crippen molar-refractivity contribution < 1.29 is 68.5 Å². The van der Waals surface area contributed by atoms with Crippen LogP contribution in [-0.2, 0) is 49.3 Å². The van der Waals surface area contributed by atoms with Crippen LogP contribution in [0, 0.1) is 11.3 Å². The molecule has 0 spiro atoms. The minimum Gasteiger partial charge on any atom is -0.479 e. The maximum absolute atomic E-state index is 12.9. The monoisotopic (exact) mass is 622 g/mol.